The number of carbonyl (C=O) groups excluding carboxylic acids is 1. The number of carbonyl (C=O) groups is 1. The van der Waals surface area contributed by atoms with Crippen LogP contribution in [0.5, 0.6) is 0 Å². The summed E-state index contributed by atoms with van der Waals surface area (Å²) in [6, 6.07) is 1.66. The molecule has 0 aromatic heterocycles. The topological polar surface area (TPSA) is 155 Å². The molecule has 0 bridgehead atoms. The van der Waals surface area contributed by atoms with Gasteiger partial charge in [-0.1, -0.05) is 0 Å². The van der Waals surface area contributed by atoms with Gasteiger partial charge in [-0.25, -0.2) is 0 Å². The van der Waals surface area contributed by atoms with Crippen molar-refractivity contribution in [3.63, 3.8) is 0 Å². The molecule has 84 valence electrons. The Balaban J connectivity index is 3.60. The van der Waals surface area contributed by atoms with Crippen molar-refractivity contribution in [1.29, 1.82) is 0 Å². The van der Waals surface area contributed by atoms with E-state index in [1.54, 1.807) is 0 Å². The number of rotatable bonds is 3. The third-order valence-corrected chi connectivity index (χ3v) is 1.84. The Kier molecular flexibility index (Phi) is 2.70. The number of nitrogens with zero attached hydrogens (tertiary/aromatic N) is 2. The summed E-state index contributed by atoms with van der Waals surface area (Å²) in [6.45, 7) is 0. The van der Waals surface area contributed by atoms with Crippen LogP contribution in [0.1, 0.15) is 10.4 Å². The summed E-state index contributed by atoms with van der Waals surface area (Å²) >= 11 is 0. The highest BCUT2D eigenvalue weighted by molar-refractivity contribution is 6.03. The molecule has 4 N–H and O–H groups in total. The Morgan fingerprint density at radius 1 is 1.12 bits per heavy atom. The van der Waals surface area contributed by atoms with Crippen LogP contribution in [0, 0.1) is 20.2 Å². The van der Waals surface area contributed by atoms with Crippen molar-refractivity contribution in [1.82, 2.24) is 0 Å². The highest BCUT2D eigenvalue weighted by atomic mass is 16.6. The number of anilines is 1. The molecule has 0 aliphatic heterocycles. The van der Waals surface area contributed by atoms with Crippen molar-refractivity contribution in [3.8, 4) is 0 Å². The van der Waals surface area contributed by atoms with Gasteiger partial charge in [-0.2, -0.15) is 0 Å². The first-order chi connectivity index (χ1) is 7.36. The van der Waals surface area contributed by atoms with Crippen LogP contribution in [-0.2, 0) is 0 Å². The molecule has 1 aromatic rings. The number of nitrogens with two attached hydrogens (primary N) is 2. The number of nitro groups is 2. The van der Waals surface area contributed by atoms with Crippen LogP contribution >= 0.6 is 0 Å². The summed E-state index contributed by atoms with van der Waals surface area (Å²) in [6.07, 6.45) is 0. The zero-order valence-electron chi connectivity index (χ0n) is 7.75. The molecule has 1 rings (SSSR count). The van der Waals surface area contributed by atoms with Gasteiger partial charge in [0.05, 0.1) is 9.85 Å². The first kappa shape index (κ1) is 11.4. The fraction of sp³-hybridized carbons (Fsp3) is 0. The smallest absolute Gasteiger partial charge is 0.293 e. The molecule has 9 heteroatoms. The van der Waals surface area contributed by atoms with Gasteiger partial charge in [0.2, 0.25) is 0 Å². The van der Waals surface area contributed by atoms with Crippen molar-refractivity contribution in [2.75, 3.05) is 5.73 Å². The summed E-state index contributed by atoms with van der Waals surface area (Å²) in [5.74, 6) is -1.19. The number of primary amides is 1. The first-order valence-electron chi connectivity index (χ1n) is 3.87. The Morgan fingerprint density at radius 3 is 1.94 bits per heavy atom. The molecule has 0 aliphatic rings. The van der Waals surface area contributed by atoms with Gasteiger partial charge >= 0.3 is 0 Å². The van der Waals surface area contributed by atoms with E-state index in [1.165, 1.54) is 0 Å². The van der Waals surface area contributed by atoms with E-state index >= 15 is 0 Å². The minimum Gasteiger partial charge on any atom is -0.392 e. The van der Waals surface area contributed by atoms with Crippen molar-refractivity contribution >= 4 is 23.0 Å². The van der Waals surface area contributed by atoms with Crippen molar-refractivity contribution in [2.24, 2.45) is 5.73 Å². The van der Waals surface area contributed by atoms with Crippen molar-refractivity contribution in [3.05, 3.63) is 37.9 Å². The maximum atomic E-state index is 10.9. The van der Waals surface area contributed by atoms with E-state index in [9.17, 15) is 25.0 Å². The molecule has 0 radical (unpaired) electrons. The molecule has 1 amide bonds. The second-order valence-electron chi connectivity index (χ2n) is 2.77. The van der Waals surface area contributed by atoms with Gasteiger partial charge in [-0.05, 0) is 0 Å². The summed E-state index contributed by atoms with van der Waals surface area (Å²) < 4.78 is 0. The molecule has 0 aliphatic carbocycles. The SMILES string of the molecule is NC(=O)c1c([N+](=O)[O-])ccc([N+](=O)[O-])c1N. The van der Waals surface area contributed by atoms with Gasteiger partial charge in [0.1, 0.15) is 11.3 Å². The normalized spacial score (nSPS) is 9.75. The fourth-order valence-electron chi connectivity index (χ4n) is 1.17. The maximum Gasteiger partial charge on any atom is 0.293 e. The second-order valence-corrected chi connectivity index (χ2v) is 2.77. The third kappa shape index (κ3) is 1.73. The van der Waals surface area contributed by atoms with Gasteiger partial charge in [-0.15, -0.1) is 0 Å². The minimum absolute atomic E-state index is 0.598. The average molecular weight is 226 g/mol. The molecule has 9 nitrogen and oxygen atoms in total. The molecule has 0 saturated carbocycles. The van der Waals surface area contributed by atoms with Crippen LogP contribution in [-0.4, -0.2) is 15.8 Å². The molecular formula is C7H6N4O5. The monoisotopic (exact) mass is 226 g/mol. The second kappa shape index (κ2) is 3.81. The van der Waals surface area contributed by atoms with Crippen LogP contribution in [0.3, 0.4) is 0 Å². The van der Waals surface area contributed by atoms with E-state index in [1.807, 2.05) is 0 Å². The van der Waals surface area contributed by atoms with Crippen LogP contribution in [0.2, 0.25) is 0 Å². The predicted octanol–water partition coefficient (Wildman–Crippen LogP) is 0.184. The molecular weight excluding hydrogens is 220 g/mol. The molecule has 0 unspecified atom stereocenters. The summed E-state index contributed by atoms with van der Waals surface area (Å²) in [7, 11) is 0. The lowest BCUT2D eigenvalue weighted by molar-refractivity contribution is -0.388. The number of benzene rings is 1. The zero-order valence-corrected chi connectivity index (χ0v) is 7.75. The molecule has 0 atom stereocenters. The van der Waals surface area contributed by atoms with Crippen molar-refractivity contribution < 1.29 is 14.6 Å². The highest BCUT2D eigenvalue weighted by Crippen LogP contribution is 2.31. The lowest BCUT2D eigenvalue weighted by atomic mass is 10.1. The fourth-order valence-corrected chi connectivity index (χ4v) is 1.17. The zero-order chi connectivity index (χ0) is 12.5. The van der Waals surface area contributed by atoms with E-state index in [2.05, 4.69) is 0 Å². The van der Waals surface area contributed by atoms with E-state index in [4.69, 9.17) is 11.5 Å². The Bertz CT molecular complexity index is 498. The van der Waals surface area contributed by atoms with E-state index in [0.29, 0.717) is 0 Å². The average Bonchev–Trinajstić information content (AvgIpc) is 2.15. The van der Waals surface area contributed by atoms with E-state index < -0.39 is 38.4 Å². The highest BCUT2D eigenvalue weighted by Gasteiger charge is 2.27. The third-order valence-electron chi connectivity index (χ3n) is 1.84. The predicted molar refractivity (Wildman–Crippen MR) is 52.7 cm³/mol. The molecule has 0 fully saturated rings. The summed E-state index contributed by atoms with van der Waals surface area (Å²) in [4.78, 5) is 30.2. The van der Waals surface area contributed by atoms with Gasteiger partial charge < -0.3 is 11.5 Å². The summed E-state index contributed by atoms with van der Waals surface area (Å²) in [5.41, 5.74) is 7.64. The molecule has 0 spiro atoms. The van der Waals surface area contributed by atoms with Crippen molar-refractivity contribution in [2.45, 2.75) is 0 Å². The van der Waals surface area contributed by atoms with Gasteiger partial charge in [0.25, 0.3) is 17.3 Å². The van der Waals surface area contributed by atoms with E-state index in [0.717, 1.165) is 12.1 Å². The number of hydrogen-bond donors (Lipinski definition) is 2. The Hall–Kier alpha value is -2.71. The number of nitrogen functional groups attached to an aromatic ring is 1. The Morgan fingerprint density at radius 2 is 1.56 bits per heavy atom. The van der Waals surface area contributed by atoms with Gasteiger partial charge in [0.15, 0.2) is 0 Å². The quantitative estimate of drug-likeness (QED) is 0.425. The lowest BCUT2D eigenvalue weighted by Crippen LogP contribution is -2.16. The number of amides is 1. The summed E-state index contributed by atoms with van der Waals surface area (Å²) in [5, 5.41) is 21.0. The molecule has 0 saturated heterocycles. The van der Waals surface area contributed by atoms with Gasteiger partial charge in [0, 0.05) is 12.1 Å². The molecule has 16 heavy (non-hydrogen) atoms. The number of hydrogen-bond acceptors (Lipinski definition) is 6. The van der Waals surface area contributed by atoms with Crippen LogP contribution in [0.15, 0.2) is 12.1 Å². The molecule has 1 aromatic carbocycles. The Labute approximate surface area is 87.9 Å². The standard InChI is InChI=1S/C7H6N4O5/c8-6-4(11(15)16)2-1-3(10(13)14)5(6)7(9)12/h1-2H,8H2,(H2,9,12). The largest absolute Gasteiger partial charge is 0.392 e. The molecule has 0 heterocycles. The minimum atomic E-state index is -1.19. The van der Waals surface area contributed by atoms with E-state index in [-0.39, 0.29) is 0 Å². The maximum absolute atomic E-state index is 10.9. The van der Waals surface area contributed by atoms with Gasteiger partial charge in [-0.3, -0.25) is 25.0 Å². The first-order valence-corrected chi connectivity index (χ1v) is 3.87. The van der Waals surface area contributed by atoms with Crippen LogP contribution in [0.25, 0.3) is 0 Å². The van der Waals surface area contributed by atoms with Crippen LogP contribution in [0.4, 0.5) is 17.1 Å². The number of nitro benzene ring substituents is 2. The lowest BCUT2D eigenvalue weighted by Gasteiger charge is -2.03. The van der Waals surface area contributed by atoms with Crippen LogP contribution < -0.4 is 11.5 Å².